The van der Waals surface area contributed by atoms with Gasteiger partial charge in [-0.25, -0.2) is 0 Å². The Morgan fingerprint density at radius 2 is 2.11 bits per heavy atom. The predicted molar refractivity (Wildman–Crippen MR) is 87.8 cm³/mol. The summed E-state index contributed by atoms with van der Waals surface area (Å²) in [5.74, 6) is 0. The van der Waals surface area contributed by atoms with Crippen LogP contribution in [0.5, 0.6) is 0 Å². The second-order valence-electron chi connectivity index (χ2n) is 4.57. The summed E-state index contributed by atoms with van der Waals surface area (Å²) in [7, 11) is 8.39. The van der Waals surface area contributed by atoms with E-state index < -0.39 is 12.1 Å². The first kappa shape index (κ1) is 15.7. The Labute approximate surface area is 131 Å². The monoisotopic (exact) mass is 390 g/mol. The van der Waals surface area contributed by atoms with E-state index in [4.69, 9.17) is 17.3 Å². The Balaban J connectivity index is 1.94. The van der Waals surface area contributed by atoms with Gasteiger partial charge in [-0.2, -0.15) is 0 Å². The fraction of sp³-hybridized carbons (Fsp3) is 0.538. The van der Waals surface area contributed by atoms with Crippen molar-refractivity contribution in [1.29, 1.82) is 0 Å². The SMILES string of the molecule is [B][C@@H]1O[C@H]([C@@H](CP)OCc2ccccc2)[C@@H](I)[C@H]1O. The maximum Gasteiger partial charge on any atom is 0.112 e. The van der Waals surface area contributed by atoms with E-state index in [2.05, 4.69) is 31.8 Å². The topological polar surface area (TPSA) is 38.7 Å². The molecule has 1 aliphatic heterocycles. The van der Waals surface area contributed by atoms with Crippen LogP contribution in [-0.2, 0) is 16.1 Å². The van der Waals surface area contributed by atoms with E-state index in [1.165, 1.54) is 0 Å². The van der Waals surface area contributed by atoms with Crippen molar-refractivity contribution in [1.82, 2.24) is 0 Å². The Hall–Kier alpha value is 0.325. The molecule has 0 aromatic heterocycles. The predicted octanol–water partition coefficient (Wildman–Crippen LogP) is 1.50. The smallest absolute Gasteiger partial charge is 0.112 e. The molecule has 1 aromatic carbocycles. The largest absolute Gasteiger partial charge is 0.390 e. The van der Waals surface area contributed by atoms with Crippen molar-refractivity contribution in [3.05, 3.63) is 35.9 Å². The lowest BCUT2D eigenvalue weighted by molar-refractivity contribution is -0.0500. The van der Waals surface area contributed by atoms with Crippen molar-refractivity contribution in [2.45, 2.75) is 34.8 Å². The fourth-order valence-corrected chi connectivity index (χ4v) is 3.53. The number of halogens is 1. The second-order valence-corrected chi connectivity index (χ2v) is 6.48. The van der Waals surface area contributed by atoms with E-state index in [1.807, 2.05) is 30.3 Å². The molecule has 0 bridgehead atoms. The lowest BCUT2D eigenvalue weighted by atomic mass is 9.94. The van der Waals surface area contributed by atoms with Crippen LogP contribution in [0.4, 0.5) is 0 Å². The van der Waals surface area contributed by atoms with Gasteiger partial charge in [0.15, 0.2) is 0 Å². The molecule has 6 atom stereocenters. The van der Waals surface area contributed by atoms with Gasteiger partial charge in [-0.05, 0) is 11.7 Å². The number of hydrogen-bond acceptors (Lipinski definition) is 3. The molecule has 0 spiro atoms. The van der Waals surface area contributed by atoms with E-state index in [0.717, 1.165) is 11.7 Å². The number of ether oxygens (including phenoxy) is 2. The average Bonchev–Trinajstić information content (AvgIpc) is 2.69. The molecule has 0 amide bonds. The van der Waals surface area contributed by atoms with Crippen molar-refractivity contribution in [3.8, 4) is 0 Å². The number of aliphatic hydroxyl groups excluding tert-OH is 1. The van der Waals surface area contributed by atoms with Crippen LogP contribution in [0.25, 0.3) is 0 Å². The zero-order valence-corrected chi connectivity index (χ0v) is 13.8. The lowest BCUT2D eigenvalue weighted by Crippen LogP contribution is -2.37. The van der Waals surface area contributed by atoms with Crippen molar-refractivity contribution in [3.63, 3.8) is 0 Å². The van der Waals surface area contributed by atoms with Gasteiger partial charge in [-0.15, -0.1) is 9.24 Å². The van der Waals surface area contributed by atoms with Gasteiger partial charge in [0.2, 0.25) is 0 Å². The van der Waals surface area contributed by atoms with Crippen LogP contribution in [-0.4, -0.2) is 47.4 Å². The minimum Gasteiger partial charge on any atom is -0.390 e. The Bertz CT molecular complexity index is 395. The van der Waals surface area contributed by atoms with Crippen LogP contribution in [0.1, 0.15) is 5.56 Å². The van der Waals surface area contributed by atoms with E-state index in [1.54, 1.807) is 0 Å². The highest BCUT2D eigenvalue weighted by Gasteiger charge is 2.43. The van der Waals surface area contributed by atoms with E-state index in [-0.39, 0.29) is 16.1 Å². The minimum atomic E-state index is -0.634. The van der Waals surface area contributed by atoms with Gasteiger partial charge < -0.3 is 14.6 Å². The van der Waals surface area contributed by atoms with Crippen molar-refractivity contribution in [2.75, 3.05) is 6.16 Å². The normalized spacial score (nSPS) is 32.4. The Kier molecular flexibility index (Phi) is 6.09. The molecule has 6 heteroatoms. The maximum atomic E-state index is 9.85. The number of benzene rings is 1. The molecular weight excluding hydrogens is 373 g/mol. The lowest BCUT2D eigenvalue weighted by Gasteiger charge is -2.25. The molecule has 1 unspecified atom stereocenters. The van der Waals surface area contributed by atoms with Crippen LogP contribution >= 0.6 is 31.8 Å². The molecule has 2 radical (unpaired) electrons. The van der Waals surface area contributed by atoms with Gasteiger partial charge in [-0.1, -0.05) is 52.9 Å². The Morgan fingerprint density at radius 1 is 1.42 bits per heavy atom. The third-order valence-corrected chi connectivity index (χ3v) is 5.11. The standard InChI is InChI=1S/C13H17BIO3P/c14-13-11(16)10(15)12(18-13)9(7-19)17-6-8-4-2-1-3-5-8/h1-5,9-13,16H,6-7,19H2/t9-,10+,11-,12-,13-/m1/s1. The molecule has 1 aliphatic rings. The summed E-state index contributed by atoms with van der Waals surface area (Å²) in [5, 5.41) is 9.85. The summed E-state index contributed by atoms with van der Waals surface area (Å²) >= 11 is 2.18. The van der Waals surface area contributed by atoms with Crippen LogP contribution in [0.3, 0.4) is 0 Å². The van der Waals surface area contributed by atoms with Crippen LogP contribution in [0, 0.1) is 0 Å². The first-order chi connectivity index (χ1) is 9.13. The third-order valence-electron chi connectivity index (χ3n) is 3.20. The summed E-state index contributed by atoms with van der Waals surface area (Å²) in [6, 6.07) is 9.39. The number of alkyl halides is 1. The van der Waals surface area contributed by atoms with Gasteiger partial charge in [0.05, 0.1) is 28.8 Å². The average molecular weight is 390 g/mol. The summed E-state index contributed by atoms with van der Waals surface area (Å²) in [5.41, 5.74) is 1.12. The van der Waals surface area contributed by atoms with E-state index in [0.29, 0.717) is 6.61 Å². The molecule has 19 heavy (non-hydrogen) atoms. The van der Waals surface area contributed by atoms with Crippen molar-refractivity contribution >= 4 is 39.7 Å². The highest BCUT2D eigenvalue weighted by atomic mass is 127. The zero-order chi connectivity index (χ0) is 13.8. The molecule has 2 rings (SSSR count). The first-order valence-corrected chi connectivity index (χ1v) is 8.28. The summed E-state index contributed by atoms with van der Waals surface area (Å²) < 4.78 is 11.5. The molecule has 0 saturated carbocycles. The van der Waals surface area contributed by atoms with Crippen LogP contribution in [0.2, 0.25) is 0 Å². The molecule has 102 valence electrons. The molecular formula is C13H17BIO3P. The van der Waals surface area contributed by atoms with Crippen LogP contribution < -0.4 is 0 Å². The van der Waals surface area contributed by atoms with Gasteiger partial charge in [0, 0.05) is 6.00 Å². The minimum absolute atomic E-state index is 0.0473. The highest BCUT2D eigenvalue weighted by molar-refractivity contribution is 14.1. The molecule has 1 saturated heterocycles. The number of aliphatic hydroxyl groups is 1. The quantitative estimate of drug-likeness (QED) is 0.359. The van der Waals surface area contributed by atoms with Gasteiger partial charge in [0.1, 0.15) is 7.85 Å². The zero-order valence-electron chi connectivity index (χ0n) is 10.5. The van der Waals surface area contributed by atoms with Crippen molar-refractivity contribution < 1.29 is 14.6 Å². The molecule has 1 aromatic rings. The maximum absolute atomic E-state index is 9.85. The van der Waals surface area contributed by atoms with Crippen molar-refractivity contribution in [2.24, 2.45) is 0 Å². The van der Waals surface area contributed by atoms with E-state index >= 15 is 0 Å². The molecule has 1 heterocycles. The molecule has 0 aliphatic carbocycles. The summed E-state index contributed by atoms with van der Waals surface area (Å²) in [6.07, 6.45) is -0.150. The van der Waals surface area contributed by atoms with Gasteiger partial charge in [0.25, 0.3) is 0 Å². The Morgan fingerprint density at radius 3 is 2.63 bits per heavy atom. The highest BCUT2D eigenvalue weighted by Crippen LogP contribution is 2.30. The molecule has 3 nitrogen and oxygen atoms in total. The third kappa shape index (κ3) is 3.91. The number of rotatable bonds is 5. The summed E-state index contributed by atoms with van der Waals surface area (Å²) in [4.78, 5) is 0. The van der Waals surface area contributed by atoms with Gasteiger partial charge >= 0.3 is 0 Å². The van der Waals surface area contributed by atoms with Gasteiger partial charge in [-0.3, -0.25) is 0 Å². The molecule has 1 N–H and O–H groups in total. The molecule has 1 fully saturated rings. The number of hydrogen-bond donors (Lipinski definition) is 1. The van der Waals surface area contributed by atoms with E-state index in [9.17, 15) is 5.11 Å². The summed E-state index contributed by atoms with van der Waals surface area (Å²) in [6.45, 7) is 0.536. The fourth-order valence-electron chi connectivity index (χ4n) is 2.08. The van der Waals surface area contributed by atoms with Crippen LogP contribution in [0.15, 0.2) is 30.3 Å². The second kappa shape index (κ2) is 7.37. The first-order valence-electron chi connectivity index (χ1n) is 6.22.